The Kier molecular flexibility index (Phi) is 4.55. The zero-order valence-corrected chi connectivity index (χ0v) is 12.4. The molecule has 0 spiro atoms. The van der Waals surface area contributed by atoms with E-state index in [-0.39, 0.29) is 12.2 Å². The lowest BCUT2D eigenvalue weighted by atomic mass is 10.1. The second-order valence-electron chi connectivity index (χ2n) is 4.78. The highest BCUT2D eigenvalue weighted by molar-refractivity contribution is 6.41. The molecular weight excluding hydrogens is 288 g/mol. The fraction of sp³-hybridized carbons (Fsp3) is 0.333. The minimum Gasteiger partial charge on any atom is -0.460 e. The van der Waals surface area contributed by atoms with Crippen LogP contribution in [0.2, 0.25) is 0 Å². The molecule has 0 radical (unpaired) electrons. The lowest BCUT2D eigenvalue weighted by Crippen LogP contribution is -2.53. The van der Waals surface area contributed by atoms with Crippen LogP contribution in [-0.2, 0) is 19.1 Å². The van der Waals surface area contributed by atoms with E-state index in [9.17, 15) is 19.2 Å². The predicted molar refractivity (Wildman–Crippen MR) is 77.4 cm³/mol. The fourth-order valence-corrected chi connectivity index (χ4v) is 2.09. The van der Waals surface area contributed by atoms with E-state index in [1.807, 2.05) is 0 Å². The van der Waals surface area contributed by atoms with Crippen molar-refractivity contribution in [3.8, 4) is 0 Å². The Morgan fingerprint density at radius 3 is 2.32 bits per heavy atom. The van der Waals surface area contributed by atoms with Crippen LogP contribution in [0.25, 0.3) is 0 Å². The summed E-state index contributed by atoms with van der Waals surface area (Å²) in [6, 6.07) is 5.93. The van der Waals surface area contributed by atoms with Crippen LogP contribution in [0.4, 0.5) is 5.69 Å². The lowest BCUT2D eigenvalue weighted by molar-refractivity contribution is -0.145. The van der Waals surface area contributed by atoms with Crippen LogP contribution in [0.3, 0.4) is 0 Å². The number of hydrogen-bond acceptors (Lipinski definition) is 5. The summed E-state index contributed by atoms with van der Waals surface area (Å²) in [7, 11) is 1.57. The summed E-state index contributed by atoms with van der Waals surface area (Å²) in [4.78, 5) is 49.5. The number of amides is 2. The van der Waals surface area contributed by atoms with Crippen LogP contribution >= 0.6 is 0 Å². The molecule has 0 saturated carbocycles. The van der Waals surface area contributed by atoms with Crippen LogP contribution in [0.5, 0.6) is 0 Å². The van der Waals surface area contributed by atoms with Crippen LogP contribution in [0, 0.1) is 0 Å². The van der Waals surface area contributed by atoms with Gasteiger partial charge in [-0.25, -0.2) is 4.79 Å². The number of piperazine rings is 1. The van der Waals surface area contributed by atoms with Crippen molar-refractivity contribution >= 4 is 29.3 Å². The van der Waals surface area contributed by atoms with E-state index in [2.05, 4.69) is 4.74 Å². The van der Waals surface area contributed by atoms with Crippen LogP contribution in [0.15, 0.2) is 24.3 Å². The first-order valence-electron chi connectivity index (χ1n) is 6.84. The number of ether oxygens (including phenoxy) is 1. The Balaban J connectivity index is 2.15. The van der Waals surface area contributed by atoms with E-state index < -0.39 is 23.6 Å². The predicted octanol–water partition coefficient (Wildman–Crippen LogP) is 0.237. The molecule has 0 bridgehead atoms. The monoisotopic (exact) mass is 304 g/mol. The molecule has 1 aromatic rings. The molecule has 1 aromatic carbocycles. The SMILES string of the molecule is CCOC(=O)C(=O)c1ccc(N2CCN(C)C(=O)C2=O)cc1. The first kappa shape index (κ1) is 15.7. The topological polar surface area (TPSA) is 84.0 Å². The summed E-state index contributed by atoms with van der Waals surface area (Å²) < 4.78 is 4.64. The molecule has 7 heteroatoms. The number of benzene rings is 1. The molecule has 1 aliphatic rings. The first-order chi connectivity index (χ1) is 10.5. The lowest BCUT2D eigenvalue weighted by Gasteiger charge is -2.31. The Bertz CT molecular complexity index is 623. The number of nitrogens with zero attached hydrogens (tertiary/aromatic N) is 2. The van der Waals surface area contributed by atoms with Crippen molar-refractivity contribution in [2.75, 3.05) is 31.6 Å². The largest absolute Gasteiger partial charge is 0.460 e. The summed E-state index contributed by atoms with van der Waals surface area (Å²) >= 11 is 0. The van der Waals surface area contributed by atoms with Gasteiger partial charge in [-0.05, 0) is 31.2 Å². The third-order valence-electron chi connectivity index (χ3n) is 3.34. The van der Waals surface area contributed by atoms with Crippen LogP contribution in [-0.4, -0.2) is 55.2 Å². The van der Waals surface area contributed by atoms with Crippen LogP contribution in [0.1, 0.15) is 17.3 Å². The number of carbonyl (C=O) groups excluding carboxylic acids is 4. The number of hydrogen-bond donors (Lipinski definition) is 0. The zero-order valence-electron chi connectivity index (χ0n) is 12.4. The normalized spacial score (nSPS) is 15.0. The number of Topliss-reactive ketones (excluding diaryl/α,β-unsaturated/α-hetero) is 1. The van der Waals surface area contributed by atoms with E-state index >= 15 is 0 Å². The van der Waals surface area contributed by atoms with Crippen molar-refractivity contribution in [2.45, 2.75) is 6.92 Å². The van der Waals surface area contributed by atoms with Crippen molar-refractivity contribution in [1.29, 1.82) is 0 Å². The highest BCUT2D eigenvalue weighted by Gasteiger charge is 2.31. The average Bonchev–Trinajstić information content (AvgIpc) is 2.52. The molecule has 0 unspecified atom stereocenters. The number of likely N-dealkylation sites (N-methyl/N-ethyl adjacent to an activating group) is 1. The maximum Gasteiger partial charge on any atom is 0.379 e. The van der Waals surface area contributed by atoms with Crippen molar-refractivity contribution < 1.29 is 23.9 Å². The van der Waals surface area contributed by atoms with E-state index in [1.165, 1.54) is 34.1 Å². The van der Waals surface area contributed by atoms with Gasteiger partial charge in [0.2, 0.25) is 0 Å². The van der Waals surface area contributed by atoms with Crippen molar-refractivity contribution in [1.82, 2.24) is 4.90 Å². The summed E-state index contributed by atoms with van der Waals surface area (Å²) in [6.45, 7) is 2.56. The average molecular weight is 304 g/mol. The first-order valence-corrected chi connectivity index (χ1v) is 6.84. The molecule has 116 valence electrons. The Morgan fingerprint density at radius 2 is 1.73 bits per heavy atom. The Morgan fingerprint density at radius 1 is 1.09 bits per heavy atom. The minimum atomic E-state index is -0.916. The van der Waals surface area contributed by atoms with Gasteiger partial charge in [0.15, 0.2) is 0 Å². The molecule has 0 atom stereocenters. The summed E-state index contributed by atoms with van der Waals surface area (Å²) in [6.07, 6.45) is 0. The molecule has 1 fully saturated rings. The van der Waals surface area contributed by atoms with Crippen molar-refractivity contribution in [3.05, 3.63) is 29.8 Å². The van der Waals surface area contributed by atoms with E-state index in [0.717, 1.165) is 0 Å². The fourth-order valence-electron chi connectivity index (χ4n) is 2.09. The third-order valence-corrected chi connectivity index (χ3v) is 3.34. The number of carbonyl (C=O) groups is 4. The molecule has 0 N–H and O–H groups in total. The van der Waals surface area contributed by atoms with E-state index in [4.69, 9.17) is 0 Å². The van der Waals surface area contributed by atoms with Crippen molar-refractivity contribution in [2.24, 2.45) is 0 Å². The number of ketones is 1. The van der Waals surface area contributed by atoms with E-state index in [0.29, 0.717) is 18.8 Å². The second-order valence-corrected chi connectivity index (χ2v) is 4.78. The Hall–Kier alpha value is -2.70. The van der Waals surface area contributed by atoms with Crippen LogP contribution < -0.4 is 4.90 Å². The summed E-state index contributed by atoms with van der Waals surface area (Å²) in [5.41, 5.74) is 0.682. The smallest absolute Gasteiger partial charge is 0.379 e. The molecule has 0 aliphatic carbocycles. The van der Waals surface area contributed by atoms with Gasteiger partial charge in [-0.1, -0.05) is 0 Å². The van der Waals surface area contributed by atoms with E-state index in [1.54, 1.807) is 14.0 Å². The zero-order chi connectivity index (χ0) is 16.3. The quantitative estimate of drug-likeness (QED) is 0.452. The molecular formula is C15H16N2O5. The number of rotatable bonds is 4. The maximum atomic E-state index is 11.9. The van der Waals surface area contributed by atoms with Gasteiger partial charge in [0.05, 0.1) is 6.61 Å². The third kappa shape index (κ3) is 2.98. The second kappa shape index (κ2) is 6.38. The molecule has 1 heterocycles. The molecule has 2 amide bonds. The minimum absolute atomic E-state index is 0.126. The molecule has 2 rings (SSSR count). The van der Waals surface area contributed by atoms with Crippen molar-refractivity contribution in [3.63, 3.8) is 0 Å². The van der Waals surface area contributed by atoms with Gasteiger partial charge < -0.3 is 14.5 Å². The van der Waals surface area contributed by atoms with Gasteiger partial charge in [0.25, 0.3) is 5.78 Å². The highest BCUT2D eigenvalue weighted by Crippen LogP contribution is 2.18. The molecule has 0 aromatic heterocycles. The molecule has 1 saturated heterocycles. The number of anilines is 1. The van der Waals surface area contributed by atoms with Gasteiger partial charge >= 0.3 is 17.8 Å². The standard InChI is InChI=1S/C15H16N2O5/c1-3-22-15(21)12(18)10-4-6-11(7-5-10)17-9-8-16(2)13(19)14(17)20/h4-7H,3,8-9H2,1-2H3. The van der Waals surface area contributed by atoms with Gasteiger partial charge in [-0.3, -0.25) is 14.4 Å². The van der Waals surface area contributed by atoms with Gasteiger partial charge in [0, 0.05) is 31.4 Å². The maximum absolute atomic E-state index is 11.9. The highest BCUT2D eigenvalue weighted by atomic mass is 16.5. The Labute approximate surface area is 127 Å². The van der Waals surface area contributed by atoms with Gasteiger partial charge in [-0.15, -0.1) is 0 Å². The van der Waals surface area contributed by atoms with Gasteiger partial charge in [-0.2, -0.15) is 0 Å². The van der Waals surface area contributed by atoms with Gasteiger partial charge in [0.1, 0.15) is 0 Å². The molecule has 22 heavy (non-hydrogen) atoms. The molecule has 7 nitrogen and oxygen atoms in total. The number of esters is 1. The molecule has 1 aliphatic heterocycles. The summed E-state index contributed by atoms with van der Waals surface area (Å²) in [5.74, 6) is -2.84. The summed E-state index contributed by atoms with van der Waals surface area (Å²) in [5, 5.41) is 0.